The van der Waals surface area contributed by atoms with Gasteiger partial charge < -0.3 is 20.6 Å². The molecule has 2 fully saturated rings. The maximum atomic E-state index is 12.2. The second-order valence-electron chi connectivity index (χ2n) is 5.67. The molecule has 0 spiro atoms. The molecular formula is C13H21N3O4. The molecule has 3 atom stereocenters. The van der Waals surface area contributed by atoms with Crippen molar-refractivity contribution in [1.29, 1.82) is 0 Å². The van der Waals surface area contributed by atoms with E-state index in [1.165, 1.54) is 4.90 Å². The second-order valence-corrected chi connectivity index (χ2v) is 5.67. The van der Waals surface area contributed by atoms with Gasteiger partial charge >= 0.3 is 12.0 Å². The van der Waals surface area contributed by atoms with Crippen molar-refractivity contribution < 1.29 is 19.5 Å². The number of likely N-dealkylation sites (tertiary alicyclic amines) is 1. The number of rotatable bonds is 2. The van der Waals surface area contributed by atoms with Crippen molar-refractivity contribution in [2.45, 2.75) is 44.7 Å². The molecule has 2 aliphatic heterocycles. The third-order valence-corrected chi connectivity index (χ3v) is 4.00. The molecule has 7 heteroatoms. The minimum atomic E-state index is -0.955. The Hall–Kier alpha value is -1.79. The van der Waals surface area contributed by atoms with Gasteiger partial charge in [-0.2, -0.15) is 0 Å². The van der Waals surface area contributed by atoms with Crippen LogP contribution in [0.1, 0.15) is 32.6 Å². The minimum Gasteiger partial charge on any atom is -0.480 e. The molecule has 2 rings (SSSR count). The second kappa shape index (κ2) is 6.11. The zero-order valence-electron chi connectivity index (χ0n) is 11.6. The Morgan fingerprint density at radius 3 is 2.75 bits per heavy atom. The lowest BCUT2D eigenvalue weighted by molar-refractivity contribution is -0.143. The van der Waals surface area contributed by atoms with E-state index in [2.05, 4.69) is 10.6 Å². The summed E-state index contributed by atoms with van der Waals surface area (Å²) in [4.78, 5) is 35.9. The standard InChI is InChI=1S/C13H21N3O4/c1-8-4-5-16(10(6-8)12(18)19)13(20)15-9-2-3-11(17)14-7-9/h8-10H,2-7H2,1H3,(H,14,17)(H,15,20)(H,18,19). The molecule has 0 aromatic rings. The van der Waals surface area contributed by atoms with E-state index in [1.807, 2.05) is 6.92 Å². The summed E-state index contributed by atoms with van der Waals surface area (Å²) in [5.41, 5.74) is 0. The van der Waals surface area contributed by atoms with Crippen molar-refractivity contribution in [3.8, 4) is 0 Å². The van der Waals surface area contributed by atoms with Crippen LogP contribution in [0.5, 0.6) is 0 Å². The number of carbonyl (C=O) groups excluding carboxylic acids is 2. The van der Waals surface area contributed by atoms with Gasteiger partial charge in [0.1, 0.15) is 6.04 Å². The monoisotopic (exact) mass is 283 g/mol. The molecule has 0 saturated carbocycles. The summed E-state index contributed by atoms with van der Waals surface area (Å²) in [5.74, 6) is -0.650. The van der Waals surface area contributed by atoms with Gasteiger partial charge in [-0.25, -0.2) is 9.59 Å². The molecule has 0 aromatic heterocycles. The van der Waals surface area contributed by atoms with Gasteiger partial charge in [-0.15, -0.1) is 0 Å². The molecule has 112 valence electrons. The van der Waals surface area contributed by atoms with Gasteiger partial charge in [0.25, 0.3) is 0 Å². The number of hydrogen-bond donors (Lipinski definition) is 3. The Balaban J connectivity index is 1.93. The van der Waals surface area contributed by atoms with E-state index in [0.29, 0.717) is 38.3 Å². The molecule has 3 amide bonds. The van der Waals surface area contributed by atoms with Crippen LogP contribution in [0.15, 0.2) is 0 Å². The number of carboxylic acid groups (broad SMARTS) is 1. The number of carboxylic acids is 1. The molecule has 2 saturated heterocycles. The lowest BCUT2D eigenvalue weighted by Crippen LogP contribution is -2.57. The summed E-state index contributed by atoms with van der Waals surface area (Å²) in [6, 6.07) is -1.21. The van der Waals surface area contributed by atoms with Crippen LogP contribution in [-0.2, 0) is 9.59 Å². The predicted molar refractivity (Wildman–Crippen MR) is 71.1 cm³/mol. The highest BCUT2D eigenvalue weighted by atomic mass is 16.4. The van der Waals surface area contributed by atoms with Crippen molar-refractivity contribution in [2.24, 2.45) is 5.92 Å². The van der Waals surface area contributed by atoms with Crippen LogP contribution in [0, 0.1) is 5.92 Å². The largest absolute Gasteiger partial charge is 0.480 e. The summed E-state index contributed by atoms with van der Waals surface area (Å²) in [7, 11) is 0. The van der Waals surface area contributed by atoms with Crippen LogP contribution in [0.25, 0.3) is 0 Å². The van der Waals surface area contributed by atoms with E-state index in [1.54, 1.807) is 0 Å². The van der Waals surface area contributed by atoms with Gasteiger partial charge in [-0.1, -0.05) is 6.92 Å². The molecule has 2 heterocycles. The van der Waals surface area contributed by atoms with Crippen LogP contribution in [0.3, 0.4) is 0 Å². The summed E-state index contributed by atoms with van der Waals surface area (Å²) in [6.45, 7) is 2.87. The first-order valence-corrected chi connectivity index (χ1v) is 7.04. The SMILES string of the molecule is CC1CCN(C(=O)NC2CCC(=O)NC2)C(C(=O)O)C1. The van der Waals surface area contributed by atoms with Crippen LogP contribution in [0.2, 0.25) is 0 Å². The molecule has 3 unspecified atom stereocenters. The summed E-state index contributed by atoms with van der Waals surface area (Å²) in [6.07, 6.45) is 2.30. The number of nitrogens with zero attached hydrogens (tertiary/aromatic N) is 1. The van der Waals surface area contributed by atoms with Crippen LogP contribution in [-0.4, -0.2) is 53.1 Å². The van der Waals surface area contributed by atoms with Crippen LogP contribution in [0.4, 0.5) is 4.79 Å². The Labute approximate surface area is 117 Å². The van der Waals surface area contributed by atoms with Gasteiger partial charge in [-0.05, 0) is 25.2 Å². The summed E-state index contributed by atoms with van der Waals surface area (Å²) >= 11 is 0. The Morgan fingerprint density at radius 1 is 1.40 bits per heavy atom. The van der Waals surface area contributed by atoms with E-state index < -0.39 is 12.0 Å². The lowest BCUT2D eigenvalue weighted by atomic mass is 9.92. The molecule has 20 heavy (non-hydrogen) atoms. The Bertz CT molecular complexity index is 402. The minimum absolute atomic E-state index is 0.00860. The molecule has 0 bridgehead atoms. The first-order chi connectivity index (χ1) is 9.47. The highest BCUT2D eigenvalue weighted by Crippen LogP contribution is 2.23. The fourth-order valence-corrected chi connectivity index (χ4v) is 2.73. The number of hydrogen-bond acceptors (Lipinski definition) is 3. The number of carbonyl (C=O) groups is 3. The number of amides is 3. The average molecular weight is 283 g/mol. The predicted octanol–water partition coefficient (Wildman–Crippen LogP) is 0.160. The van der Waals surface area contributed by atoms with Gasteiger partial charge in [-0.3, -0.25) is 4.79 Å². The first-order valence-electron chi connectivity index (χ1n) is 7.04. The van der Waals surface area contributed by atoms with Gasteiger partial charge in [0.2, 0.25) is 5.91 Å². The maximum Gasteiger partial charge on any atom is 0.326 e. The fourth-order valence-electron chi connectivity index (χ4n) is 2.73. The smallest absolute Gasteiger partial charge is 0.326 e. The van der Waals surface area contributed by atoms with E-state index in [0.717, 1.165) is 6.42 Å². The van der Waals surface area contributed by atoms with E-state index in [4.69, 9.17) is 0 Å². The fraction of sp³-hybridized carbons (Fsp3) is 0.769. The van der Waals surface area contributed by atoms with Crippen LogP contribution < -0.4 is 10.6 Å². The topological polar surface area (TPSA) is 98.7 Å². The van der Waals surface area contributed by atoms with Crippen molar-refractivity contribution in [1.82, 2.24) is 15.5 Å². The number of aliphatic carboxylic acids is 1. The molecule has 3 N–H and O–H groups in total. The molecular weight excluding hydrogens is 262 g/mol. The van der Waals surface area contributed by atoms with Crippen molar-refractivity contribution in [2.75, 3.05) is 13.1 Å². The van der Waals surface area contributed by atoms with Crippen molar-refractivity contribution in [3.05, 3.63) is 0 Å². The maximum absolute atomic E-state index is 12.2. The average Bonchev–Trinajstić information content (AvgIpc) is 2.41. The lowest BCUT2D eigenvalue weighted by Gasteiger charge is -2.37. The quantitative estimate of drug-likeness (QED) is 0.672. The summed E-state index contributed by atoms with van der Waals surface area (Å²) < 4.78 is 0. The van der Waals surface area contributed by atoms with Gasteiger partial charge in [0, 0.05) is 25.6 Å². The van der Waals surface area contributed by atoms with Crippen molar-refractivity contribution in [3.63, 3.8) is 0 Å². The Morgan fingerprint density at radius 2 is 2.15 bits per heavy atom. The zero-order chi connectivity index (χ0) is 14.7. The Kier molecular flexibility index (Phi) is 4.46. The highest BCUT2D eigenvalue weighted by Gasteiger charge is 2.35. The van der Waals surface area contributed by atoms with Crippen molar-refractivity contribution >= 4 is 17.9 Å². The third-order valence-electron chi connectivity index (χ3n) is 4.00. The number of urea groups is 1. The van der Waals surface area contributed by atoms with Gasteiger partial charge in [0.15, 0.2) is 0 Å². The zero-order valence-corrected chi connectivity index (χ0v) is 11.6. The van der Waals surface area contributed by atoms with Crippen LogP contribution >= 0.6 is 0 Å². The van der Waals surface area contributed by atoms with Gasteiger partial charge in [0.05, 0.1) is 0 Å². The first kappa shape index (κ1) is 14.6. The summed E-state index contributed by atoms with van der Waals surface area (Å²) in [5, 5.41) is 14.7. The third kappa shape index (κ3) is 3.40. The van der Waals surface area contributed by atoms with E-state index in [-0.39, 0.29) is 18.0 Å². The highest BCUT2D eigenvalue weighted by molar-refractivity contribution is 5.83. The molecule has 0 aromatic carbocycles. The number of piperidine rings is 2. The van der Waals surface area contributed by atoms with E-state index in [9.17, 15) is 19.5 Å². The normalized spacial score (nSPS) is 30.6. The molecule has 2 aliphatic rings. The molecule has 7 nitrogen and oxygen atoms in total. The number of nitrogens with one attached hydrogen (secondary N) is 2. The molecule has 0 aliphatic carbocycles. The van der Waals surface area contributed by atoms with E-state index >= 15 is 0 Å². The molecule has 0 radical (unpaired) electrons.